The average Bonchev–Trinajstić information content (AvgIpc) is 3.31. The van der Waals surface area contributed by atoms with Crippen LogP contribution >= 0.6 is 0 Å². The molecule has 0 saturated heterocycles. The summed E-state index contributed by atoms with van der Waals surface area (Å²) in [5.41, 5.74) is 7.09. The molecule has 0 bridgehead atoms. The zero-order valence-corrected chi connectivity index (χ0v) is 14.1. The Bertz CT molecular complexity index is 1100. The Labute approximate surface area is 145 Å². The van der Waals surface area contributed by atoms with Gasteiger partial charge in [0.2, 0.25) is 0 Å². The molecule has 0 radical (unpaired) electrons. The third-order valence-corrected chi connectivity index (χ3v) is 5.21. The van der Waals surface area contributed by atoms with E-state index in [2.05, 4.69) is 52.1 Å². The molecular weight excluding hydrogens is 310 g/mol. The number of rotatable bonds is 2. The summed E-state index contributed by atoms with van der Waals surface area (Å²) in [5.74, 6) is 0. The number of pyridine rings is 1. The monoisotopic (exact) mass is 329 g/mol. The first kappa shape index (κ1) is 14.3. The van der Waals surface area contributed by atoms with Crippen LogP contribution < -0.4 is 4.90 Å². The van der Waals surface area contributed by atoms with Crippen LogP contribution in [0.4, 0.5) is 5.69 Å². The van der Waals surface area contributed by atoms with Gasteiger partial charge in [-0.15, -0.1) is 0 Å². The second-order valence-electron chi connectivity index (χ2n) is 6.61. The van der Waals surface area contributed by atoms with Gasteiger partial charge in [-0.05, 0) is 48.2 Å². The van der Waals surface area contributed by atoms with Crippen molar-refractivity contribution in [3.05, 3.63) is 66.2 Å². The SMILES string of the molecule is Cc1c(N2CC=C(c3ccc4ccoc4c3)CC2)cnc2[nH]ccc12. The lowest BCUT2D eigenvalue weighted by Gasteiger charge is -2.29. The Morgan fingerprint density at radius 2 is 2.16 bits per heavy atom. The van der Waals surface area contributed by atoms with Crippen LogP contribution in [0.1, 0.15) is 17.5 Å². The van der Waals surface area contributed by atoms with Crippen molar-refractivity contribution in [3.63, 3.8) is 0 Å². The van der Waals surface area contributed by atoms with E-state index in [-0.39, 0.29) is 0 Å². The molecule has 0 spiro atoms. The molecule has 0 amide bonds. The number of nitrogens with zero attached hydrogens (tertiary/aromatic N) is 2. The normalized spacial score (nSPS) is 15.1. The number of benzene rings is 1. The van der Waals surface area contributed by atoms with Crippen molar-refractivity contribution >= 4 is 33.3 Å². The number of nitrogens with one attached hydrogen (secondary N) is 1. The second-order valence-corrected chi connectivity index (χ2v) is 6.61. The molecular formula is C21H19N3O. The highest BCUT2D eigenvalue weighted by molar-refractivity contribution is 5.85. The Morgan fingerprint density at radius 1 is 1.20 bits per heavy atom. The van der Waals surface area contributed by atoms with Crippen LogP contribution in [0.25, 0.3) is 27.6 Å². The first-order valence-electron chi connectivity index (χ1n) is 8.64. The zero-order chi connectivity index (χ0) is 16.8. The minimum atomic E-state index is 0.907. The third-order valence-electron chi connectivity index (χ3n) is 5.21. The van der Waals surface area contributed by atoms with E-state index in [1.54, 1.807) is 6.26 Å². The van der Waals surface area contributed by atoms with Crippen LogP contribution in [0.2, 0.25) is 0 Å². The van der Waals surface area contributed by atoms with Gasteiger partial charge in [0.15, 0.2) is 0 Å². The molecule has 3 aromatic heterocycles. The van der Waals surface area contributed by atoms with E-state index >= 15 is 0 Å². The molecule has 1 aliphatic heterocycles. The Hall–Kier alpha value is -3.01. The minimum Gasteiger partial charge on any atom is -0.464 e. The summed E-state index contributed by atoms with van der Waals surface area (Å²) in [5, 5.41) is 2.36. The van der Waals surface area contributed by atoms with Gasteiger partial charge in [0.25, 0.3) is 0 Å². The van der Waals surface area contributed by atoms with Gasteiger partial charge in [-0.25, -0.2) is 4.98 Å². The van der Waals surface area contributed by atoms with E-state index in [1.165, 1.54) is 27.8 Å². The fraction of sp³-hybridized carbons (Fsp3) is 0.190. The predicted molar refractivity (Wildman–Crippen MR) is 102 cm³/mol. The molecule has 0 saturated carbocycles. The summed E-state index contributed by atoms with van der Waals surface area (Å²) < 4.78 is 5.54. The third kappa shape index (κ3) is 2.33. The van der Waals surface area contributed by atoms with Crippen LogP contribution in [0, 0.1) is 6.92 Å². The van der Waals surface area contributed by atoms with Crippen LogP contribution in [0.5, 0.6) is 0 Å². The van der Waals surface area contributed by atoms with Crippen LogP contribution in [0.15, 0.2) is 59.5 Å². The summed E-state index contributed by atoms with van der Waals surface area (Å²) in [6, 6.07) is 10.6. The summed E-state index contributed by atoms with van der Waals surface area (Å²) in [6.07, 6.45) is 9.04. The van der Waals surface area contributed by atoms with E-state index in [0.717, 1.165) is 36.1 Å². The number of hydrogen-bond donors (Lipinski definition) is 1. The summed E-state index contributed by atoms with van der Waals surface area (Å²) in [6.45, 7) is 4.09. The highest BCUT2D eigenvalue weighted by Gasteiger charge is 2.17. The van der Waals surface area contributed by atoms with Crippen molar-refractivity contribution in [2.75, 3.05) is 18.0 Å². The maximum Gasteiger partial charge on any atom is 0.137 e. The lowest BCUT2D eigenvalue weighted by Crippen LogP contribution is -2.29. The van der Waals surface area contributed by atoms with Crippen molar-refractivity contribution in [2.24, 2.45) is 0 Å². The molecule has 124 valence electrons. The molecule has 4 aromatic rings. The highest BCUT2D eigenvalue weighted by Crippen LogP contribution is 2.31. The standard InChI is InChI=1S/C21H19N3O/c1-14-18-4-8-22-21(18)23-13-19(14)24-9-5-15(6-10-24)17-3-2-16-7-11-25-20(16)12-17/h2-5,7-8,11-13H,6,9-10H2,1H3,(H,22,23). The fourth-order valence-corrected chi connectivity index (χ4v) is 3.75. The van der Waals surface area contributed by atoms with Crippen LogP contribution in [-0.2, 0) is 0 Å². The van der Waals surface area contributed by atoms with E-state index < -0.39 is 0 Å². The first-order chi connectivity index (χ1) is 12.3. The maximum atomic E-state index is 5.54. The molecule has 1 aliphatic rings. The zero-order valence-electron chi connectivity index (χ0n) is 14.1. The molecule has 1 aromatic carbocycles. The lowest BCUT2D eigenvalue weighted by atomic mass is 9.98. The average molecular weight is 329 g/mol. The highest BCUT2D eigenvalue weighted by atomic mass is 16.3. The quantitative estimate of drug-likeness (QED) is 0.568. The summed E-state index contributed by atoms with van der Waals surface area (Å²) >= 11 is 0. The van der Waals surface area contributed by atoms with E-state index in [0.29, 0.717) is 0 Å². The number of hydrogen-bond acceptors (Lipinski definition) is 3. The van der Waals surface area contributed by atoms with Crippen molar-refractivity contribution in [3.8, 4) is 0 Å². The Morgan fingerprint density at radius 3 is 3.04 bits per heavy atom. The second kappa shape index (κ2) is 5.52. The van der Waals surface area contributed by atoms with Gasteiger partial charge in [-0.1, -0.05) is 18.2 Å². The Balaban J connectivity index is 1.44. The minimum absolute atomic E-state index is 0.907. The molecule has 1 N–H and O–H groups in total. The van der Waals surface area contributed by atoms with Crippen LogP contribution in [0.3, 0.4) is 0 Å². The number of aromatic nitrogens is 2. The summed E-state index contributed by atoms with van der Waals surface area (Å²) in [7, 11) is 0. The first-order valence-corrected chi connectivity index (χ1v) is 8.64. The molecule has 4 heterocycles. The van der Waals surface area contributed by atoms with Crippen molar-refractivity contribution in [1.82, 2.24) is 9.97 Å². The van der Waals surface area contributed by atoms with Gasteiger partial charge in [0.05, 0.1) is 18.1 Å². The molecule has 25 heavy (non-hydrogen) atoms. The number of aromatic amines is 1. The van der Waals surface area contributed by atoms with Crippen molar-refractivity contribution < 1.29 is 4.42 Å². The van der Waals surface area contributed by atoms with Gasteiger partial charge in [0, 0.05) is 30.1 Å². The smallest absolute Gasteiger partial charge is 0.137 e. The lowest BCUT2D eigenvalue weighted by molar-refractivity contribution is 0.615. The molecule has 5 rings (SSSR count). The Kier molecular flexibility index (Phi) is 3.17. The van der Waals surface area contributed by atoms with Gasteiger partial charge in [-0.2, -0.15) is 0 Å². The van der Waals surface area contributed by atoms with Gasteiger partial charge in [-0.3, -0.25) is 0 Å². The van der Waals surface area contributed by atoms with Crippen molar-refractivity contribution in [2.45, 2.75) is 13.3 Å². The topological polar surface area (TPSA) is 45.1 Å². The number of H-pyrrole nitrogens is 1. The molecule has 0 fully saturated rings. The molecule has 0 aliphatic carbocycles. The van der Waals surface area contributed by atoms with Gasteiger partial charge in [0.1, 0.15) is 11.2 Å². The molecule has 0 atom stereocenters. The van der Waals surface area contributed by atoms with Gasteiger partial charge >= 0.3 is 0 Å². The molecule has 4 nitrogen and oxygen atoms in total. The number of fused-ring (bicyclic) bond motifs is 2. The largest absolute Gasteiger partial charge is 0.464 e. The maximum absolute atomic E-state index is 5.54. The van der Waals surface area contributed by atoms with Gasteiger partial charge < -0.3 is 14.3 Å². The van der Waals surface area contributed by atoms with Crippen molar-refractivity contribution in [1.29, 1.82) is 0 Å². The number of furan rings is 1. The number of aryl methyl sites for hydroxylation is 1. The molecule has 0 unspecified atom stereocenters. The summed E-state index contributed by atoms with van der Waals surface area (Å²) in [4.78, 5) is 10.1. The van der Waals surface area contributed by atoms with E-state index in [4.69, 9.17) is 4.42 Å². The number of anilines is 1. The molecule has 4 heteroatoms. The van der Waals surface area contributed by atoms with E-state index in [9.17, 15) is 0 Å². The van der Waals surface area contributed by atoms with E-state index in [1.807, 2.05) is 18.5 Å². The predicted octanol–water partition coefficient (Wildman–Crippen LogP) is 4.91. The fourth-order valence-electron chi connectivity index (χ4n) is 3.75. The van der Waals surface area contributed by atoms with Crippen LogP contribution in [-0.4, -0.2) is 23.1 Å².